The summed E-state index contributed by atoms with van der Waals surface area (Å²) in [5, 5.41) is 7.71. The molecule has 1 aromatic rings. The molecule has 0 saturated heterocycles. The Morgan fingerprint density at radius 2 is 2.00 bits per heavy atom. The van der Waals surface area contributed by atoms with Crippen molar-refractivity contribution in [1.82, 2.24) is 0 Å². The highest BCUT2D eigenvalue weighted by Crippen LogP contribution is 2.32. The molecule has 0 heterocycles. The molecule has 0 aromatic heterocycles. The van der Waals surface area contributed by atoms with Crippen molar-refractivity contribution >= 4 is 37.5 Å². The van der Waals surface area contributed by atoms with Crippen molar-refractivity contribution in [1.29, 1.82) is 0 Å². The molecule has 1 saturated carbocycles. The van der Waals surface area contributed by atoms with Gasteiger partial charge in [0.1, 0.15) is 0 Å². The predicted octanol–water partition coefficient (Wildman–Crippen LogP) is 0.916. The van der Waals surface area contributed by atoms with E-state index >= 15 is 0 Å². The number of carbonyl (C=O) groups is 1. The third-order valence-corrected chi connectivity index (χ3v) is 4.78. The number of amides is 1. The lowest BCUT2D eigenvalue weighted by molar-refractivity contribution is -0.123. The maximum Gasteiger partial charge on any atom is 0.244 e. The number of nitrogens with one attached hydrogen (secondary N) is 1. The van der Waals surface area contributed by atoms with E-state index in [-0.39, 0.29) is 10.8 Å². The number of carbonyl (C=O) groups excluding carboxylic acids is 1. The molecule has 0 aliphatic heterocycles. The lowest BCUT2D eigenvalue weighted by Crippen LogP contribution is -2.56. The minimum atomic E-state index is -3.76. The Labute approximate surface area is 119 Å². The summed E-state index contributed by atoms with van der Waals surface area (Å²) in [4.78, 5) is 11.9. The molecule has 6 nitrogen and oxygen atoms in total. The second kappa shape index (κ2) is 4.86. The molecule has 8 heteroatoms. The van der Waals surface area contributed by atoms with E-state index in [9.17, 15) is 13.2 Å². The summed E-state index contributed by atoms with van der Waals surface area (Å²) in [5.41, 5.74) is 5.56. The second-order valence-corrected chi connectivity index (χ2v) is 7.07. The highest BCUT2D eigenvalue weighted by molar-refractivity contribution is 9.10. The Bertz CT molecular complexity index is 626. The lowest BCUT2D eigenvalue weighted by Gasteiger charge is -2.36. The van der Waals surface area contributed by atoms with Gasteiger partial charge in [-0.15, -0.1) is 0 Å². The minimum absolute atomic E-state index is 0.0246. The van der Waals surface area contributed by atoms with E-state index in [4.69, 9.17) is 10.9 Å². The summed E-state index contributed by atoms with van der Waals surface area (Å²) in [7, 11) is -3.76. The fraction of sp³-hybridized carbons (Fsp3) is 0.364. The summed E-state index contributed by atoms with van der Waals surface area (Å²) in [6, 6.07) is 4.15. The van der Waals surface area contributed by atoms with Crippen molar-refractivity contribution in [3.8, 4) is 0 Å². The molecule has 0 atom stereocenters. The average molecular weight is 348 g/mol. The van der Waals surface area contributed by atoms with Crippen molar-refractivity contribution in [2.75, 3.05) is 5.32 Å². The van der Waals surface area contributed by atoms with Crippen LogP contribution in [0.1, 0.15) is 19.3 Å². The van der Waals surface area contributed by atoms with E-state index in [1.807, 2.05) is 0 Å². The Hall–Kier alpha value is -0.960. The maximum atomic E-state index is 12.0. The van der Waals surface area contributed by atoms with Crippen LogP contribution in [0.3, 0.4) is 0 Å². The second-order valence-electron chi connectivity index (χ2n) is 4.65. The summed E-state index contributed by atoms with van der Waals surface area (Å²) < 4.78 is 22.8. The molecule has 1 aromatic carbocycles. The van der Waals surface area contributed by atoms with Gasteiger partial charge in [0.2, 0.25) is 15.9 Å². The van der Waals surface area contributed by atoms with Crippen LogP contribution in [0.2, 0.25) is 0 Å². The van der Waals surface area contributed by atoms with Crippen LogP contribution in [0, 0.1) is 0 Å². The molecule has 5 N–H and O–H groups in total. The molecular formula is C11H14BrN3O3S. The third-order valence-electron chi connectivity index (χ3n) is 3.22. The Balaban J connectivity index is 2.20. The van der Waals surface area contributed by atoms with Crippen LogP contribution in [0.15, 0.2) is 27.6 Å². The first-order valence-corrected chi connectivity index (χ1v) is 7.99. The van der Waals surface area contributed by atoms with Gasteiger partial charge >= 0.3 is 0 Å². The van der Waals surface area contributed by atoms with Gasteiger partial charge in [0.05, 0.1) is 16.1 Å². The Kier molecular flexibility index (Phi) is 3.69. The predicted molar refractivity (Wildman–Crippen MR) is 74.9 cm³/mol. The highest BCUT2D eigenvalue weighted by Gasteiger charge is 2.40. The smallest absolute Gasteiger partial charge is 0.244 e. The molecule has 2 rings (SSSR count). The number of primary sulfonamides is 1. The number of hydrogen-bond acceptors (Lipinski definition) is 4. The molecule has 0 unspecified atom stereocenters. The normalized spacial score (nSPS) is 17.6. The van der Waals surface area contributed by atoms with Gasteiger partial charge in [-0.25, -0.2) is 13.6 Å². The van der Waals surface area contributed by atoms with Gasteiger partial charge in [-0.05, 0) is 53.4 Å². The van der Waals surface area contributed by atoms with Crippen LogP contribution >= 0.6 is 15.9 Å². The van der Waals surface area contributed by atoms with Gasteiger partial charge in [0, 0.05) is 4.47 Å². The fourth-order valence-corrected chi connectivity index (χ4v) is 2.97. The minimum Gasteiger partial charge on any atom is -0.323 e. The molecule has 0 radical (unpaired) electrons. The molecule has 1 aliphatic carbocycles. The monoisotopic (exact) mass is 347 g/mol. The van der Waals surface area contributed by atoms with Gasteiger partial charge in [-0.2, -0.15) is 0 Å². The number of rotatable bonds is 3. The summed E-state index contributed by atoms with van der Waals surface area (Å²) >= 11 is 3.20. The SMILES string of the molecule is NC1(C(=O)Nc2ccc(S(N)(=O)=O)cc2Br)CCC1. The van der Waals surface area contributed by atoms with Crippen LogP contribution < -0.4 is 16.2 Å². The molecule has 0 bridgehead atoms. The average Bonchev–Trinajstić information content (AvgIpc) is 2.27. The van der Waals surface area contributed by atoms with Gasteiger partial charge in [0.25, 0.3) is 0 Å². The van der Waals surface area contributed by atoms with Crippen LogP contribution in [0.25, 0.3) is 0 Å². The molecule has 1 fully saturated rings. The fourth-order valence-electron chi connectivity index (χ4n) is 1.81. The molecule has 0 spiro atoms. The van der Waals surface area contributed by atoms with Crippen molar-refractivity contribution in [3.05, 3.63) is 22.7 Å². The van der Waals surface area contributed by atoms with Crippen molar-refractivity contribution in [2.24, 2.45) is 10.9 Å². The zero-order chi connectivity index (χ0) is 14.3. The van der Waals surface area contributed by atoms with E-state index in [1.165, 1.54) is 18.2 Å². The van der Waals surface area contributed by atoms with Crippen molar-refractivity contribution < 1.29 is 13.2 Å². The van der Waals surface area contributed by atoms with Crippen LogP contribution in [0.5, 0.6) is 0 Å². The quantitative estimate of drug-likeness (QED) is 0.753. The lowest BCUT2D eigenvalue weighted by atomic mass is 9.77. The molecular weight excluding hydrogens is 334 g/mol. The van der Waals surface area contributed by atoms with Crippen molar-refractivity contribution in [3.63, 3.8) is 0 Å². The van der Waals surface area contributed by atoms with E-state index < -0.39 is 15.6 Å². The maximum absolute atomic E-state index is 12.0. The molecule has 1 aliphatic rings. The van der Waals surface area contributed by atoms with E-state index in [0.29, 0.717) is 23.0 Å². The standard InChI is InChI=1S/C11H14BrN3O3S/c12-8-6-7(19(14,17)18)2-3-9(8)15-10(16)11(13)4-1-5-11/h2-3,6H,1,4-5,13H2,(H,15,16)(H2,14,17,18). The van der Waals surface area contributed by atoms with Crippen molar-refractivity contribution in [2.45, 2.75) is 29.7 Å². The molecule has 19 heavy (non-hydrogen) atoms. The van der Waals surface area contributed by atoms with E-state index in [2.05, 4.69) is 21.2 Å². The number of nitrogens with two attached hydrogens (primary N) is 2. The summed E-state index contributed by atoms with van der Waals surface area (Å²) in [6.07, 6.45) is 2.26. The highest BCUT2D eigenvalue weighted by atomic mass is 79.9. The van der Waals surface area contributed by atoms with E-state index in [1.54, 1.807) is 0 Å². The first kappa shape index (κ1) is 14.4. The molecule has 104 valence electrons. The zero-order valence-corrected chi connectivity index (χ0v) is 12.4. The van der Waals surface area contributed by atoms with Gasteiger partial charge < -0.3 is 11.1 Å². The zero-order valence-electron chi connectivity index (χ0n) is 10.0. The topological polar surface area (TPSA) is 115 Å². The summed E-state index contributed by atoms with van der Waals surface area (Å²) in [6.45, 7) is 0. The number of sulfonamides is 1. The van der Waals surface area contributed by atoms with Crippen LogP contribution in [0.4, 0.5) is 5.69 Å². The third kappa shape index (κ3) is 2.97. The Morgan fingerprint density at radius 1 is 1.37 bits per heavy atom. The Morgan fingerprint density at radius 3 is 2.42 bits per heavy atom. The largest absolute Gasteiger partial charge is 0.323 e. The number of halogens is 1. The first-order valence-electron chi connectivity index (χ1n) is 5.65. The van der Waals surface area contributed by atoms with E-state index in [0.717, 1.165) is 6.42 Å². The van der Waals surface area contributed by atoms with Gasteiger partial charge in [-0.3, -0.25) is 4.79 Å². The number of anilines is 1. The first-order chi connectivity index (χ1) is 8.72. The summed E-state index contributed by atoms with van der Waals surface area (Å²) in [5.74, 6) is -0.261. The van der Waals surface area contributed by atoms with Gasteiger partial charge in [-0.1, -0.05) is 0 Å². The van der Waals surface area contributed by atoms with Crippen LogP contribution in [-0.4, -0.2) is 19.9 Å². The number of benzene rings is 1. The van der Waals surface area contributed by atoms with Crippen LogP contribution in [-0.2, 0) is 14.8 Å². The van der Waals surface area contributed by atoms with Gasteiger partial charge in [0.15, 0.2) is 0 Å². The molecule has 1 amide bonds. The number of hydrogen-bond donors (Lipinski definition) is 3.